The van der Waals surface area contributed by atoms with Crippen LogP contribution in [0.3, 0.4) is 0 Å². The highest BCUT2D eigenvalue weighted by atomic mass is 19.2. The maximum Gasteiger partial charge on any atom is 0.305 e. The van der Waals surface area contributed by atoms with E-state index in [2.05, 4.69) is 0 Å². The summed E-state index contributed by atoms with van der Waals surface area (Å²) in [5.74, 6) is -1.12. The Balaban J connectivity index is 2.64. The van der Waals surface area contributed by atoms with Crippen LogP contribution in [0.15, 0.2) is 11.6 Å². The van der Waals surface area contributed by atoms with E-state index in [0.29, 0.717) is 0 Å². The van der Waals surface area contributed by atoms with Crippen molar-refractivity contribution in [2.45, 2.75) is 43.8 Å². The fraction of sp³-hybridized carbons (Fsp3) is 0.700. The maximum atomic E-state index is 13.3. The number of nitrogens with two attached hydrogens (primary N) is 1. The highest BCUT2D eigenvalue weighted by molar-refractivity contribution is 5.67. The Hall–Kier alpha value is -1.04. The molecule has 1 fully saturated rings. The first-order valence-corrected chi connectivity index (χ1v) is 5.00. The number of rotatable bonds is 3. The molecule has 0 aliphatic heterocycles. The van der Waals surface area contributed by atoms with Gasteiger partial charge in [0.1, 0.15) is 18.5 Å². The predicted molar refractivity (Wildman–Crippen MR) is 52.2 cm³/mol. The van der Waals surface area contributed by atoms with Crippen molar-refractivity contribution < 1.29 is 23.1 Å². The molecule has 3 N–H and O–H groups in total. The first kappa shape index (κ1) is 13.0. The fourth-order valence-electron chi connectivity index (χ4n) is 1.69. The Morgan fingerprint density at radius 2 is 2.12 bits per heavy atom. The minimum atomic E-state index is -1.79. The lowest BCUT2D eigenvalue weighted by atomic mass is 9.89. The van der Waals surface area contributed by atoms with E-state index in [4.69, 9.17) is 10.8 Å². The summed E-state index contributed by atoms with van der Waals surface area (Å²) < 4.78 is 39.0. The van der Waals surface area contributed by atoms with Gasteiger partial charge in [-0.1, -0.05) is 6.08 Å². The molecular formula is C10H14F3NO2. The van der Waals surface area contributed by atoms with Gasteiger partial charge in [0.05, 0.1) is 6.42 Å². The molecule has 1 saturated carbocycles. The molecule has 0 heterocycles. The lowest BCUT2D eigenvalue weighted by Crippen LogP contribution is -2.32. The summed E-state index contributed by atoms with van der Waals surface area (Å²) in [6, 6.07) is -0.867. The van der Waals surface area contributed by atoms with Crippen LogP contribution in [0.2, 0.25) is 0 Å². The van der Waals surface area contributed by atoms with E-state index in [9.17, 15) is 18.0 Å². The molecule has 4 atom stereocenters. The van der Waals surface area contributed by atoms with Crippen LogP contribution in [0.5, 0.6) is 0 Å². The van der Waals surface area contributed by atoms with Crippen LogP contribution in [0.4, 0.5) is 13.2 Å². The summed E-state index contributed by atoms with van der Waals surface area (Å²) in [6.07, 6.45) is -5.12. The van der Waals surface area contributed by atoms with Gasteiger partial charge in [0.2, 0.25) is 0 Å². The van der Waals surface area contributed by atoms with E-state index in [0.717, 1.165) is 0 Å². The zero-order valence-electron chi connectivity index (χ0n) is 8.57. The van der Waals surface area contributed by atoms with E-state index in [1.807, 2.05) is 0 Å². The van der Waals surface area contributed by atoms with Gasteiger partial charge < -0.3 is 10.8 Å². The molecule has 0 amide bonds. The Bertz CT molecular complexity index is 296. The number of halogens is 3. The van der Waals surface area contributed by atoms with Crippen LogP contribution in [-0.4, -0.2) is 35.6 Å². The highest BCUT2D eigenvalue weighted by Crippen LogP contribution is 2.31. The Morgan fingerprint density at radius 3 is 2.69 bits per heavy atom. The monoisotopic (exact) mass is 237 g/mol. The third kappa shape index (κ3) is 3.52. The molecule has 1 rings (SSSR count). The molecule has 0 spiro atoms. The average molecular weight is 237 g/mol. The number of allylic oxidation sites excluding steroid dienone is 1. The van der Waals surface area contributed by atoms with Gasteiger partial charge >= 0.3 is 5.97 Å². The van der Waals surface area contributed by atoms with Gasteiger partial charge in [-0.05, 0) is 5.57 Å². The minimum absolute atomic E-state index is 0.0650. The third-order valence-electron chi connectivity index (χ3n) is 2.50. The molecular weight excluding hydrogens is 223 g/mol. The quantitative estimate of drug-likeness (QED) is 0.731. The smallest absolute Gasteiger partial charge is 0.305 e. The van der Waals surface area contributed by atoms with Crippen LogP contribution in [0, 0.1) is 0 Å². The van der Waals surface area contributed by atoms with Gasteiger partial charge in [-0.25, -0.2) is 13.2 Å². The van der Waals surface area contributed by atoms with E-state index in [1.165, 1.54) is 6.08 Å². The molecule has 16 heavy (non-hydrogen) atoms. The molecule has 0 radical (unpaired) electrons. The topological polar surface area (TPSA) is 63.3 Å². The summed E-state index contributed by atoms with van der Waals surface area (Å²) in [5, 5.41) is 8.44. The summed E-state index contributed by atoms with van der Waals surface area (Å²) in [7, 11) is 0. The fourth-order valence-corrected chi connectivity index (χ4v) is 1.69. The van der Waals surface area contributed by atoms with E-state index in [-0.39, 0.29) is 18.4 Å². The zero-order valence-corrected chi connectivity index (χ0v) is 8.57. The van der Waals surface area contributed by atoms with Gasteiger partial charge in [-0.3, -0.25) is 4.79 Å². The zero-order chi connectivity index (χ0) is 12.3. The molecule has 3 unspecified atom stereocenters. The maximum absolute atomic E-state index is 13.3. The van der Waals surface area contributed by atoms with Gasteiger partial charge in [-0.15, -0.1) is 0 Å². The molecule has 0 aromatic rings. The van der Waals surface area contributed by atoms with Crippen molar-refractivity contribution in [3.8, 4) is 0 Å². The van der Waals surface area contributed by atoms with Crippen molar-refractivity contribution >= 4 is 5.97 Å². The third-order valence-corrected chi connectivity index (χ3v) is 2.50. The highest BCUT2D eigenvalue weighted by Gasteiger charge is 2.34. The van der Waals surface area contributed by atoms with Gasteiger partial charge in [0, 0.05) is 18.9 Å². The number of hydrogen-bond acceptors (Lipinski definition) is 2. The Morgan fingerprint density at radius 1 is 1.50 bits per heavy atom. The number of hydrogen-bond donors (Lipinski definition) is 2. The molecule has 92 valence electrons. The summed E-state index contributed by atoms with van der Waals surface area (Å²) >= 11 is 0. The predicted octanol–water partition coefficient (Wildman–Crippen LogP) is 1.52. The number of aliphatic carboxylic acids is 1. The lowest BCUT2D eigenvalue weighted by Gasteiger charge is -2.26. The van der Waals surface area contributed by atoms with Crippen molar-refractivity contribution in [2.24, 2.45) is 5.73 Å². The van der Waals surface area contributed by atoms with Crippen LogP contribution in [-0.2, 0) is 4.79 Å². The SMILES string of the molecule is N[C@H](/C=C1\CC(F)C(F)CC1F)CC(=O)O. The summed E-state index contributed by atoms with van der Waals surface area (Å²) in [6.45, 7) is 0. The number of carboxylic acids is 1. The second kappa shape index (κ2) is 5.34. The second-order valence-corrected chi connectivity index (χ2v) is 3.94. The lowest BCUT2D eigenvalue weighted by molar-refractivity contribution is -0.137. The van der Waals surface area contributed by atoms with Crippen LogP contribution >= 0.6 is 0 Å². The second-order valence-electron chi connectivity index (χ2n) is 3.94. The van der Waals surface area contributed by atoms with Crippen molar-refractivity contribution in [3.05, 3.63) is 11.6 Å². The van der Waals surface area contributed by atoms with E-state index < -0.39 is 36.9 Å². The minimum Gasteiger partial charge on any atom is -0.481 e. The number of alkyl halides is 3. The van der Waals surface area contributed by atoms with Crippen LogP contribution < -0.4 is 5.73 Å². The average Bonchev–Trinajstić information content (AvgIpc) is 2.12. The Labute approximate surface area is 91.1 Å². The van der Waals surface area contributed by atoms with Crippen molar-refractivity contribution in [2.75, 3.05) is 0 Å². The van der Waals surface area contributed by atoms with Crippen molar-refractivity contribution in [1.29, 1.82) is 0 Å². The molecule has 0 aromatic heterocycles. The van der Waals surface area contributed by atoms with Crippen LogP contribution in [0.25, 0.3) is 0 Å². The van der Waals surface area contributed by atoms with Gasteiger partial charge in [-0.2, -0.15) is 0 Å². The van der Waals surface area contributed by atoms with Gasteiger partial charge in [0.15, 0.2) is 0 Å². The first-order chi connectivity index (χ1) is 7.40. The molecule has 1 aliphatic carbocycles. The first-order valence-electron chi connectivity index (χ1n) is 5.00. The molecule has 6 heteroatoms. The molecule has 0 saturated heterocycles. The van der Waals surface area contributed by atoms with E-state index >= 15 is 0 Å². The van der Waals surface area contributed by atoms with Gasteiger partial charge in [0.25, 0.3) is 0 Å². The van der Waals surface area contributed by atoms with Crippen molar-refractivity contribution in [3.63, 3.8) is 0 Å². The molecule has 0 bridgehead atoms. The standard InChI is InChI=1S/C10H14F3NO2/c11-7-4-9(13)8(12)2-5(7)1-6(14)3-10(15)16/h1,6-9H,2-4,14H2,(H,15,16)/b5-1+/t6-,7?,8?,9?/m1/s1. The summed E-state index contributed by atoms with van der Waals surface area (Å²) in [4.78, 5) is 10.3. The Kier molecular flexibility index (Phi) is 4.35. The largest absolute Gasteiger partial charge is 0.481 e. The molecule has 1 aliphatic rings. The van der Waals surface area contributed by atoms with Crippen molar-refractivity contribution in [1.82, 2.24) is 0 Å². The summed E-state index contributed by atoms with van der Waals surface area (Å²) in [5.41, 5.74) is 5.47. The number of carbonyl (C=O) groups is 1. The molecule has 0 aromatic carbocycles. The van der Waals surface area contributed by atoms with Crippen LogP contribution in [0.1, 0.15) is 19.3 Å². The normalized spacial score (nSPS) is 35.0. The van der Waals surface area contributed by atoms with E-state index in [1.54, 1.807) is 0 Å². The molecule has 3 nitrogen and oxygen atoms in total. The number of carboxylic acid groups (broad SMARTS) is 1.